The highest BCUT2D eigenvalue weighted by Crippen LogP contribution is 2.41. The lowest BCUT2D eigenvalue weighted by Gasteiger charge is -2.15. The van der Waals surface area contributed by atoms with Gasteiger partial charge in [0.05, 0.1) is 28.5 Å². The number of aromatic nitrogens is 1. The molecule has 1 aromatic heterocycles. The second-order valence-electron chi connectivity index (χ2n) is 7.62. The SMILES string of the molecule is COc1ccc(-n2c(/C=C/N(C)C)c([N+](=O)[O-])c3ccc(OC(C)=O)c(COC(C)=O)c32)cc1. The van der Waals surface area contributed by atoms with Gasteiger partial charge in [0.1, 0.15) is 23.8 Å². The molecular weight excluding hydrogens is 442 g/mol. The molecule has 10 nitrogen and oxygen atoms in total. The first-order valence-electron chi connectivity index (χ1n) is 10.3. The summed E-state index contributed by atoms with van der Waals surface area (Å²) in [5.74, 6) is -0.365. The van der Waals surface area contributed by atoms with E-state index >= 15 is 0 Å². The number of nitrogens with zero attached hydrogens (tertiary/aromatic N) is 3. The second kappa shape index (κ2) is 10.1. The molecule has 0 fully saturated rings. The monoisotopic (exact) mass is 467 g/mol. The summed E-state index contributed by atoms with van der Waals surface area (Å²) in [6.07, 6.45) is 3.32. The number of fused-ring (bicyclic) bond motifs is 1. The van der Waals surface area contributed by atoms with E-state index in [4.69, 9.17) is 14.2 Å². The third kappa shape index (κ3) is 5.01. The van der Waals surface area contributed by atoms with Crippen molar-refractivity contribution in [3.8, 4) is 17.2 Å². The molecule has 34 heavy (non-hydrogen) atoms. The van der Waals surface area contributed by atoms with E-state index in [-0.39, 0.29) is 18.0 Å². The van der Waals surface area contributed by atoms with Gasteiger partial charge in [-0.15, -0.1) is 0 Å². The number of methoxy groups -OCH3 is 1. The first-order chi connectivity index (χ1) is 16.1. The smallest absolute Gasteiger partial charge is 0.308 e. The van der Waals surface area contributed by atoms with Crippen LogP contribution < -0.4 is 9.47 Å². The van der Waals surface area contributed by atoms with Crippen molar-refractivity contribution in [1.29, 1.82) is 0 Å². The van der Waals surface area contributed by atoms with Crippen LogP contribution in [0, 0.1) is 10.1 Å². The number of carbonyl (C=O) groups is 2. The molecule has 0 saturated carbocycles. The fourth-order valence-electron chi connectivity index (χ4n) is 3.56. The van der Waals surface area contributed by atoms with E-state index in [1.54, 1.807) is 67.2 Å². The number of hydrogen-bond donors (Lipinski definition) is 0. The maximum Gasteiger partial charge on any atom is 0.308 e. The maximum atomic E-state index is 12.2. The van der Waals surface area contributed by atoms with Crippen LogP contribution in [-0.4, -0.2) is 47.5 Å². The summed E-state index contributed by atoms with van der Waals surface area (Å²) in [6, 6.07) is 9.96. The van der Waals surface area contributed by atoms with Gasteiger partial charge in [-0.3, -0.25) is 19.7 Å². The largest absolute Gasteiger partial charge is 0.497 e. The van der Waals surface area contributed by atoms with Gasteiger partial charge in [-0.2, -0.15) is 0 Å². The van der Waals surface area contributed by atoms with E-state index in [1.807, 2.05) is 0 Å². The van der Waals surface area contributed by atoms with E-state index in [0.29, 0.717) is 33.6 Å². The minimum absolute atomic E-state index is 0.137. The molecule has 2 aromatic carbocycles. The summed E-state index contributed by atoms with van der Waals surface area (Å²) in [4.78, 5) is 36.9. The zero-order valence-electron chi connectivity index (χ0n) is 19.5. The molecule has 0 unspecified atom stereocenters. The van der Waals surface area contributed by atoms with Gasteiger partial charge in [0, 0.05) is 39.8 Å². The lowest BCUT2D eigenvalue weighted by atomic mass is 10.1. The van der Waals surface area contributed by atoms with Crippen LogP contribution in [0.5, 0.6) is 11.5 Å². The Morgan fingerprint density at radius 2 is 1.76 bits per heavy atom. The molecule has 1 heterocycles. The van der Waals surface area contributed by atoms with E-state index < -0.39 is 16.9 Å². The number of hydrogen-bond acceptors (Lipinski definition) is 8. The average Bonchev–Trinajstić information content (AvgIpc) is 3.11. The Hall–Kier alpha value is -4.34. The first-order valence-corrected chi connectivity index (χ1v) is 10.3. The van der Waals surface area contributed by atoms with Crippen molar-refractivity contribution in [2.75, 3.05) is 21.2 Å². The van der Waals surface area contributed by atoms with Gasteiger partial charge in [0.2, 0.25) is 0 Å². The van der Waals surface area contributed by atoms with Crippen LogP contribution in [0.2, 0.25) is 0 Å². The number of rotatable bonds is 8. The Morgan fingerprint density at radius 1 is 1.09 bits per heavy atom. The van der Waals surface area contributed by atoms with Gasteiger partial charge in [-0.05, 0) is 42.5 Å². The molecule has 0 atom stereocenters. The van der Waals surface area contributed by atoms with Crippen molar-refractivity contribution in [2.24, 2.45) is 0 Å². The molecule has 0 radical (unpaired) electrons. The summed E-state index contributed by atoms with van der Waals surface area (Å²) in [5.41, 5.74) is 1.47. The minimum Gasteiger partial charge on any atom is -0.497 e. The fourth-order valence-corrected chi connectivity index (χ4v) is 3.56. The topological polar surface area (TPSA) is 113 Å². The number of ether oxygens (including phenoxy) is 3. The summed E-state index contributed by atoms with van der Waals surface area (Å²) >= 11 is 0. The van der Waals surface area contributed by atoms with Gasteiger partial charge in [0.15, 0.2) is 0 Å². The van der Waals surface area contributed by atoms with E-state index in [9.17, 15) is 19.7 Å². The predicted molar refractivity (Wildman–Crippen MR) is 126 cm³/mol. The molecule has 0 aliphatic heterocycles. The highest BCUT2D eigenvalue weighted by Gasteiger charge is 2.29. The maximum absolute atomic E-state index is 12.2. The van der Waals surface area contributed by atoms with Crippen molar-refractivity contribution < 1.29 is 28.7 Å². The molecule has 0 spiro atoms. The molecule has 3 aromatic rings. The summed E-state index contributed by atoms with van der Waals surface area (Å²) < 4.78 is 17.5. The molecule has 0 aliphatic carbocycles. The molecular formula is C24H25N3O7. The quantitative estimate of drug-likeness (QED) is 0.211. The van der Waals surface area contributed by atoms with Crippen LogP contribution in [-0.2, 0) is 20.9 Å². The molecule has 0 N–H and O–H groups in total. The summed E-state index contributed by atoms with van der Waals surface area (Å²) in [6.45, 7) is 2.25. The Balaban J connectivity index is 2.49. The second-order valence-corrected chi connectivity index (χ2v) is 7.62. The molecule has 0 saturated heterocycles. The summed E-state index contributed by atoms with van der Waals surface area (Å²) in [5, 5.41) is 12.5. The standard InChI is InChI=1S/C24H25N3O7/c1-15(28)33-14-20-22(34-16(2)29)11-10-19-23(20)26(17-6-8-18(32-5)9-7-17)21(12-13-25(3)4)24(19)27(30)31/h6-13H,14H2,1-5H3/b13-12+. The molecule has 10 heteroatoms. The van der Waals surface area contributed by atoms with E-state index in [1.165, 1.54) is 26.0 Å². The van der Waals surface area contributed by atoms with Crippen LogP contribution in [0.3, 0.4) is 0 Å². The lowest BCUT2D eigenvalue weighted by Crippen LogP contribution is -2.08. The summed E-state index contributed by atoms with van der Waals surface area (Å²) in [7, 11) is 5.14. The van der Waals surface area contributed by atoms with Gasteiger partial charge in [-0.25, -0.2) is 0 Å². The Bertz CT molecular complexity index is 1270. The zero-order chi connectivity index (χ0) is 25.0. The minimum atomic E-state index is -0.576. The number of benzene rings is 2. The van der Waals surface area contributed by atoms with Gasteiger partial charge in [-0.1, -0.05) is 0 Å². The number of carbonyl (C=O) groups excluding carboxylic acids is 2. The fraction of sp³-hybridized carbons (Fsp3) is 0.250. The van der Waals surface area contributed by atoms with Crippen LogP contribution in [0.1, 0.15) is 25.1 Å². The molecule has 0 amide bonds. The van der Waals surface area contributed by atoms with E-state index in [0.717, 1.165) is 0 Å². The van der Waals surface area contributed by atoms with Crippen molar-refractivity contribution in [3.05, 3.63) is 64.0 Å². The Morgan fingerprint density at radius 3 is 2.29 bits per heavy atom. The van der Waals surface area contributed by atoms with Crippen molar-refractivity contribution in [1.82, 2.24) is 9.47 Å². The Labute approximate surface area is 196 Å². The molecule has 0 aliphatic rings. The lowest BCUT2D eigenvalue weighted by molar-refractivity contribution is -0.383. The average molecular weight is 467 g/mol. The van der Waals surface area contributed by atoms with Crippen molar-refractivity contribution in [2.45, 2.75) is 20.5 Å². The first kappa shape index (κ1) is 24.3. The van der Waals surface area contributed by atoms with Crippen LogP contribution in [0.4, 0.5) is 5.69 Å². The number of esters is 2. The Kier molecular flexibility index (Phi) is 7.20. The molecule has 3 rings (SSSR count). The third-order valence-electron chi connectivity index (χ3n) is 4.92. The van der Waals surface area contributed by atoms with Crippen LogP contribution in [0.25, 0.3) is 22.7 Å². The van der Waals surface area contributed by atoms with Crippen LogP contribution >= 0.6 is 0 Å². The highest BCUT2D eigenvalue weighted by atomic mass is 16.6. The predicted octanol–water partition coefficient (Wildman–Crippen LogP) is 4.07. The van der Waals surface area contributed by atoms with Gasteiger partial charge < -0.3 is 23.7 Å². The van der Waals surface area contributed by atoms with E-state index in [2.05, 4.69) is 0 Å². The molecule has 0 bridgehead atoms. The van der Waals surface area contributed by atoms with Crippen molar-refractivity contribution >= 4 is 34.6 Å². The molecule has 178 valence electrons. The number of nitro groups is 1. The normalized spacial score (nSPS) is 11.0. The third-order valence-corrected chi connectivity index (χ3v) is 4.92. The van der Waals surface area contributed by atoms with Crippen molar-refractivity contribution in [3.63, 3.8) is 0 Å². The van der Waals surface area contributed by atoms with Crippen LogP contribution in [0.15, 0.2) is 42.6 Å². The zero-order valence-corrected chi connectivity index (χ0v) is 19.5. The van der Waals surface area contributed by atoms with Gasteiger partial charge >= 0.3 is 17.6 Å². The highest BCUT2D eigenvalue weighted by molar-refractivity contribution is 5.99. The van der Waals surface area contributed by atoms with Gasteiger partial charge in [0.25, 0.3) is 0 Å².